The third kappa shape index (κ3) is 4.16. The molecule has 0 unspecified atom stereocenters. The second kappa shape index (κ2) is 8.22. The lowest BCUT2D eigenvalue weighted by molar-refractivity contribution is 0.0277. The number of morpholine rings is 1. The van der Waals surface area contributed by atoms with E-state index in [0.717, 1.165) is 24.7 Å². The van der Waals surface area contributed by atoms with Crippen molar-refractivity contribution in [3.05, 3.63) is 77.4 Å². The minimum Gasteiger partial charge on any atom is -0.371 e. The summed E-state index contributed by atoms with van der Waals surface area (Å²) in [4.78, 5) is 12.5. The number of benzene rings is 2. The number of anilines is 1. The lowest BCUT2D eigenvalue weighted by atomic mass is 10.1. The fraction of sp³-hybridized carbons (Fsp3) is 0.190. The van der Waals surface area contributed by atoms with Gasteiger partial charge in [0.15, 0.2) is 0 Å². The molecule has 2 aromatic carbocycles. The number of nitrogens with one attached hydrogen (secondary N) is 2. The van der Waals surface area contributed by atoms with Gasteiger partial charge in [-0.1, -0.05) is 12.1 Å². The molecule has 1 fully saturated rings. The van der Waals surface area contributed by atoms with E-state index in [1.807, 2.05) is 30.3 Å². The lowest BCUT2D eigenvalue weighted by Gasteiger charge is -2.24. The molecule has 1 amide bonds. The fourth-order valence-electron chi connectivity index (χ4n) is 3.10. The van der Waals surface area contributed by atoms with Crippen LogP contribution in [-0.4, -0.2) is 35.4 Å². The zero-order chi connectivity index (χ0) is 20.2. The molecular formula is C21H18FN5O2. The van der Waals surface area contributed by atoms with Crippen molar-refractivity contribution < 1.29 is 13.9 Å². The van der Waals surface area contributed by atoms with Crippen molar-refractivity contribution in [3.63, 3.8) is 0 Å². The molecule has 8 heteroatoms. The molecule has 0 spiro atoms. The van der Waals surface area contributed by atoms with Crippen LogP contribution in [0.3, 0.4) is 0 Å². The molecule has 1 aromatic heterocycles. The topological polar surface area (TPSA) is 92.0 Å². The lowest BCUT2D eigenvalue weighted by Crippen LogP contribution is -2.33. The van der Waals surface area contributed by atoms with Gasteiger partial charge in [-0.2, -0.15) is 10.4 Å². The van der Waals surface area contributed by atoms with Crippen molar-refractivity contribution in [3.8, 4) is 11.8 Å². The number of hydrogen-bond donors (Lipinski definition) is 2. The Hall–Kier alpha value is -3.54. The van der Waals surface area contributed by atoms with Gasteiger partial charge in [-0.3, -0.25) is 4.79 Å². The van der Waals surface area contributed by atoms with E-state index in [4.69, 9.17) is 10.00 Å². The number of hydrogen-bond acceptors (Lipinski definition) is 5. The summed E-state index contributed by atoms with van der Waals surface area (Å²) in [6.45, 7) is 2.29. The molecular weight excluding hydrogens is 373 g/mol. The zero-order valence-corrected chi connectivity index (χ0v) is 15.4. The van der Waals surface area contributed by atoms with Gasteiger partial charge >= 0.3 is 0 Å². The summed E-state index contributed by atoms with van der Waals surface area (Å²) in [7, 11) is 0. The Morgan fingerprint density at radius 2 is 2.14 bits per heavy atom. The van der Waals surface area contributed by atoms with Crippen molar-refractivity contribution in [1.29, 1.82) is 5.26 Å². The van der Waals surface area contributed by atoms with Gasteiger partial charge in [0.25, 0.3) is 5.91 Å². The standard InChI is InChI=1S/C21H18FN5O2/c22-18-9-14(10-23)1-6-19(18)27-13-16(11-25-27)21(28)26-17-4-2-15(3-5-17)20-12-24-7-8-29-20/h1-6,9,11,13,20,24H,7-8,12H2,(H,26,28)/t20-/m1/s1. The summed E-state index contributed by atoms with van der Waals surface area (Å²) in [6, 6.07) is 13.4. The Balaban J connectivity index is 1.45. The number of carbonyl (C=O) groups excluding carboxylic acids is 1. The van der Waals surface area contributed by atoms with E-state index in [-0.39, 0.29) is 28.8 Å². The molecule has 1 saturated heterocycles. The van der Waals surface area contributed by atoms with Gasteiger partial charge in [0.2, 0.25) is 0 Å². The Labute approximate surface area is 166 Å². The summed E-state index contributed by atoms with van der Waals surface area (Å²) in [5, 5.41) is 19.0. The van der Waals surface area contributed by atoms with Gasteiger partial charge < -0.3 is 15.4 Å². The maximum atomic E-state index is 14.1. The first-order chi connectivity index (χ1) is 14.1. The first-order valence-electron chi connectivity index (χ1n) is 9.12. The van der Waals surface area contributed by atoms with E-state index >= 15 is 0 Å². The van der Waals surface area contributed by atoms with Gasteiger partial charge in [-0.05, 0) is 35.9 Å². The van der Waals surface area contributed by atoms with Crippen LogP contribution < -0.4 is 10.6 Å². The molecule has 0 aliphatic carbocycles. The van der Waals surface area contributed by atoms with Crippen LogP contribution in [0.2, 0.25) is 0 Å². The van der Waals surface area contributed by atoms with Gasteiger partial charge in [0.1, 0.15) is 11.5 Å². The van der Waals surface area contributed by atoms with E-state index in [1.165, 1.54) is 29.2 Å². The molecule has 2 N–H and O–H groups in total. The molecule has 3 aromatic rings. The molecule has 2 heterocycles. The predicted octanol–water partition coefficient (Wildman–Crippen LogP) is 2.80. The van der Waals surface area contributed by atoms with Crippen molar-refractivity contribution >= 4 is 11.6 Å². The average molecular weight is 391 g/mol. The van der Waals surface area contributed by atoms with E-state index in [9.17, 15) is 9.18 Å². The fourth-order valence-corrected chi connectivity index (χ4v) is 3.10. The number of aromatic nitrogens is 2. The summed E-state index contributed by atoms with van der Waals surface area (Å²) in [5.41, 5.74) is 2.35. The van der Waals surface area contributed by atoms with Crippen LogP contribution >= 0.6 is 0 Å². The van der Waals surface area contributed by atoms with Crippen LogP contribution in [0.25, 0.3) is 5.69 Å². The Morgan fingerprint density at radius 1 is 1.31 bits per heavy atom. The van der Waals surface area contributed by atoms with Crippen LogP contribution in [0.5, 0.6) is 0 Å². The highest BCUT2D eigenvalue weighted by molar-refractivity contribution is 6.04. The summed E-state index contributed by atoms with van der Waals surface area (Å²) in [6.07, 6.45) is 2.81. The molecule has 1 aliphatic rings. The van der Waals surface area contributed by atoms with Gasteiger partial charge in [-0.25, -0.2) is 9.07 Å². The molecule has 1 atom stereocenters. The van der Waals surface area contributed by atoms with Crippen molar-refractivity contribution in [2.24, 2.45) is 0 Å². The maximum absolute atomic E-state index is 14.1. The van der Waals surface area contributed by atoms with Crippen molar-refractivity contribution in [1.82, 2.24) is 15.1 Å². The minimum atomic E-state index is -0.589. The van der Waals surface area contributed by atoms with E-state index in [2.05, 4.69) is 15.7 Å². The SMILES string of the molecule is N#Cc1ccc(-n2cc(C(=O)Nc3ccc([C@H]4CNCCO4)cc3)cn2)c(F)c1. The summed E-state index contributed by atoms with van der Waals surface area (Å²) >= 11 is 0. The predicted molar refractivity (Wildman–Crippen MR) is 104 cm³/mol. The van der Waals surface area contributed by atoms with Gasteiger partial charge in [0, 0.05) is 25.0 Å². The van der Waals surface area contributed by atoms with E-state index in [1.54, 1.807) is 0 Å². The number of nitriles is 1. The summed E-state index contributed by atoms with van der Waals surface area (Å²) in [5.74, 6) is -0.942. The largest absolute Gasteiger partial charge is 0.371 e. The monoisotopic (exact) mass is 391 g/mol. The molecule has 4 rings (SSSR count). The highest BCUT2D eigenvalue weighted by Crippen LogP contribution is 2.21. The van der Waals surface area contributed by atoms with Gasteiger partial charge in [0.05, 0.1) is 36.1 Å². The molecule has 29 heavy (non-hydrogen) atoms. The quantitative estimate of drug-likeness (QED) is 0.714. The van der Waals surface area contributed by atoms with Crippen LogP contribution in [-0.2, 0) is 4.74 Å². The number of ether oxygens (including phenoxy) is 1. The number of rotatable bonds is 4. The Morgan fingerprint density at radius 3 is 2.83 bits per heavy atom. The highest BCUT2D eigenvalue weighted by Gasteiger charge is 2.16. The van der Waals surface area contributed by atoms with E-state index in [0.29, 0.717) is 12.3 Å². The second-order valence-corrected chi connectivity index (χ2v) is 6.59. The molecule has 0 saturated carbocycles. The minimum absolute atomic E-state index is 0.00838. The van der Waals surface area contributed by atoms with Crippen LogP contribution in [0.1, 0.15) is 27.6 Å². The molecule has 146 valence electrons. The Bertz CT molecular complexity index is 1070. The smallest absolute Gasteiger partial charge is 0.258 e. The van der Waals surface area contributed by atoms with Crippen LogP contribution in [0, 0.1) is 17.1 Å². The third-order valence-electron chi connectivity index (χ3n) is 4.64. The number of amides is 1. The average Bonchev–Trinajstić information content (AvgIpc) is 3.25. The van der Waals surface area contributed by atoms with Crippen LogP contribution in [0.4, 0.5) is 10.1 Å². The van der Waals surface area contributed by atoms with Crippen molar-refractivity contribution in [2.45, 2.75) is 6.10 Å². The number of halogens is 1. The number of nitrogens with zero attached hydrogens (tertiary/aromatic N) is 3. The first-order valence-corrected chi connectivity index (χ1v) is 9.12. The first kappa shape index (κ1) is 18.8. The molecule has 7 nitrogen and oxygen atoms in total. The van der Waals surface area contributed by atoms with Gasteiger partial charge in [-0.15, -0.1) is 0 Å². The number of carbonyl (C=O) groups is 1. The van der Waals surface area contributed by atoms with Crippen LogP contribution in [0.15, 0.2) is 54.9 Å². The normalized spacial score (nSPS) is 16.2. The second-order valence-electron chi connectivity index (χ2n) is 6.59. The zero-order valence-electron chi connectivity index (χ0n) is 15.4. The molecule has 1 aliphatic heterocycles. The van der Waals surface area contributed by atoms with Crippen molar-refractivity contribution in [2.75, 3.05) is 25.0 Å². The molecule has 0 bridgehead atoms. The third-order valence-corrected chi connectivity index (χ3v) is 4.64. The maximum Gasteiger partial charge on any atom is 0.258 e. The van der Waals surface area contributed by atoms with E-state index < -0.39 is 5.82 Å². The summed E-state index contributed by atoms with van der Waals surface area (Å²) < 4.78 is 21.1. The Kier molecular flexibility index (Phi) is 5.33. The molecule has 0 radical (unpaired) electrons. The highest BCUT2D eigenvalue weighted by atomic mass is 19.1.